The van der Waals surface area contributed by atoms with Gasteiger partial charge in [0.2, 0.25) is 0 Å². The van der Waals surface area contributed by atoms with Crippen LogP contribution in [0.15, 0.2) is 90.8 Å². The van der Waals surface area contributed by atoms with Crippen molar-refractivity contribution in [3.05, 3.63) is 117 Å². The molecule has 1 aromatic heterocycles. The third-order valence-electron chi connectivity index (χ3n) is 5.90. The van der Waals surface area contributed by atoms with Crippen LogP contribution in [0.25, 0.3) is 16.5 Å². The van der Waals surface area contributed by atoms with Crippen molar-refractivity contribution in [1.29, 1.82) is 0 Å². The number of Topliss-reactive ketones (excluding diaryl/α,β-unsaturated/α-hetero) is 1. The fraction of sp³-hybridized carbons (Fsp3) is 0.0741. The number of aromatic nitrogens is 1. The van der Waals surface area contributed by atoms with Crippen molar-refractivity contribution in [2.75, 3.05) is 0 Å². The summed E-state index contributed by atoms with van der Waals surface area (Å²) in [7, 11) is 0. The van der Waals surface area contributed by atoms with Gasteiger partial charge in [0.05, 0.1) is 21.7 Å². The molecular formula is C27H18Cl2N2O3. The monoisotopic (exact) mass is 488 g/mol. The molecular weight excluding hydrogens is 471 g/mol. The predicted molar refractivity (Wildman–Crippen MR) is 132 cm³/mol. The van der Waals surface area contributed by atoms with E-state index < -0.39 is 17.7 Å². The summed E-state index contributed by atoms with van der Waals surface area (Å²) in [4.78, 5) is 31.9. The Labute approximate surface area is 205 Å². The SMILES string of the molecule is O=C1C(=O)N(Cc2cccnc2)C(c2ccc(Cl)c(Cl)c2)/C1=C(/O)c1ccc2ccccc2c1. The number of fused-ring (bicyclic) bond motifs is 1. The minimum Gasteiger partial charge on any atom is -0.507 e. The molecule has 7 heteroatoms. The maximum atomic E-state index is 13.2. The van der Waals surface area contributed by atoms with Gasteiger partial charge in [-0.15, -0.1) is 0 Å². The molecule has 3 aromatic carbocycles. The van der Waals surface area contributed by atoms with Gasteiger partial charge in [-0.2, -0.15) is 0 Å². The maximum absolute atomic E-state index is 13.2. The lowest BCUT2D eigenvalue weighted by molar-refractivity contribution is -0.140. The number of nitrogens with zero attached hydrogens (tertiary/aromatic N) is 2. The Morgan fingerprint density at radius 2 is 1.71 bits per heavy atom. The molecule has 0 radical (unpaired) electrons. The second-order valence-electron chi connectivity index (χ2n) is 8.02. The first kappa shape index (κ1) is 22.1. The van der Waals surface area contributed by atoms with E-state index >= 15 is 0 Å². The van der Waals surface area contributed by atoms with Gasteiger partial charge in [-0.1, -0.05) is 71.7 Å². The summed E-state index contributed by atoms with van der Waals surface area (Å²) in [5, 5.41) is 13.9. The van der Waals surface area contributed by atoms with Crippen LogP contribution in [0.3, 0.4) is 0 Å². The van der Waals surface area contributed by atoms with Crippen LogP contribution in [0.4, 0.5) is 0 Å². The predicted octanol–water partition coefficient (Wildman–Crippen LogP) is 6.16. The first-order valence-electron chi connectivity index (χ1n) is 10.6. The number of aliphatic hydroxyl groups is 1. The van der Waals surface area contributed by atoms with Crippen LogP contribution in [0, 0.1) is 0 Å². The summed E-state index contributed by atoms with van der Waals surface area (Å²) in [6.45, 7) is 0.137. The van der Waals surface area contributed by atoms with E-state index in [0.717, 1.165) is 16.3 Å². The highest BCUT2D eigenvalue weighted by Crippen LogP contribution is 2.42. The number of aliphatic hydroxyl groups excluding tert-OH is 1. The van der Waals surface area contributed by atoms with Crippen molar-refractivity contribution in [2.45, 2.75) is 12.6 Å². The number of hydrogen-bond acceptors (Lipinski definition) is 4. The van der Waals surface area contributed by atoms with E-state index in [1.54, 1.807) is 48.8 Å². The lowest BCUT2D eigenvalue weighted by Gasteiger charge is -2.25. The van der Waals surface area contributed by atoms with E-state index in [9.17, 15) is 14.7 Å². The molecule has 0 saturated carbocycles. The second-order valence-corrected chi connectivity index (χ2v) is 8.84. The molecule has 168 valence electrons. The standard InChI is InChI=1S/C27H18Cl2N2O3/c28-21-10-9-19(13-22(21)29)24-23(25(32)20-8-7-17-5-1-2-6-18(17)12-20)26(33)27(34)31(24)15-16-4-3-11-30-14-16/h1-14,24,32H,15H2/b25-23-. The Morgan fingerprint density at radius 1 is 0.912 bits per heavy atom. The van der Waals surface area contributed by atoms with E-state index in [1.165, 1.54) is 4.90 Å². The Bertz CT molecular complexity index is 1470. The summed E-state index contributed by atoms with van der Waals surface area (Å²) >= 11 is 12.4. The van der Waals surface area contributed by atoms with E-state index in [0.29, 0.717) is 16.1 Å². The zero-order valence-corrected chi connectivity index (χ0v) is 19.3. The number of carbonyl (C=O) groups excluding carboxylic acids is 2. The zero-order valence-electron chi connectivity index (χ0n) is 17.8. The molecule has 0 spiro atoms. The van der Waals surface area contributed by atoms with Crippen LogP contribution >= 0.6 is 23.2 Å². The minimum atomic E-state index is -0.846. The lowest BCUT2D eigenvalue weighted by Crippen LogP contribution is -2.29. The molecule has 0 aliphatic carbocycles. The van der Waals surface area contributed by atoms with E-state index in [2.05, 4.69) is 4.98 Å². The van der Waals surface area contributed by atoms with Crippen molar-refractivity contribution in [2.24, 2.45) is 0 Å². The molecule has 1 fully saturated rings. The van der Waals surface area contributed by atoms with Gasteiger partial charge in [-0.3, -0.25) is 14.6 Å². The number of benzene rings is 3. The summed E-state index contributed by atoms with van der Waals surface area (Å²) in [5.41, 5.74) is 1.77. The van der Waals surface area contributed by atoms with Gasteiger partial charge in [0.1, 0.15) is 5.76 Å². The number of halogens is 2. The average Bonchev–Trinajstić information content (AvgIpc) is 3.10. The number of likely N-dealkylation sites (tertiary alicyclic amines) is 1. The molecule has 2 heterocycles. The van der Waals surface area contributed by atoms with E-state index in [1.807, 2.05) is 36.4 Å². The summed E-state index contributed by atoms with van der Waals surface area (Å²) < 4.78 is 0. The molecule has 1 N–H and O–H groups in total. The highest BCUT2D eigenvalue weighted by Gasteiger charge is 2.46. The fourth-order valence-electron chi connectivity index (χ4n) is 4.25. The molecule has 34 heavy (non-hydrogen) atoms. The van der Waals surface area contributed by atoms with Gasteiger partial charge in [0.15, 0.2) is 0 Å². The summed E-state index contributed by atoms with van der Waals surface area (Å²) in [6, 6.07) is 20.8. The molecule has 5 rings (SSSR count). The van der Waals surface area contributed by atoms with Crippen LogP contribution in [0.2, 0.25) is 10.0 Å². The molecule has 1 aliphatic rings. The van der Waals surface area contributed by atoms with Crippen LogP contribution < -0.4 is 0 Å². The second kappa shape index (κ2) is 8.93. The first-order valence-corrected chi connectivity index (χ1v) is 11.3. The third kappa shape index (κ3) is 3.94. The van der Waals surface area contributed by atoms with E-state index in [4.69, 9.17) is 23.2 Å². The van der Waals surface area contributed by atoms with E-state index in [-0.39, 0.29) is 22.9 Å². The largest absolute Gasteiger partial charge is 0.507 e. The van der Waals surface area contributed by atoms with Gasteiger partial charge >= 0.3 is 0 Å². The first-order chi connectivity index (χ1) is 16.4. The third-order valence-corrected chi connectivity index (χ3v) is 6.64. The number of carbonyl (C=O) groups is 2. The quantitative estimate of drug-likeness (QED) is 0.212. The van der Waals surface area contributed by atoms with Crippen molar-refractivity contribution in [1.82, 2.24) is 9.88 Å². The Balaban J connectivity index is 1.68. The fourth-order valence-corrected chi connectivity index (χ4v) is 4.56. The van der Waals surface area contributed by atoms with Gasteiger partial charge in [-0.05, 0) is 46.2 Å². The van der Waals surface area contributed by atoms with Crippen molar-refractivity contribution in [3.8, 4) is 0 Å². The topological polar surface area (TPSA) is 70.5 Å². The molecule has 1 aliphatic heterocycles. The highest BCUT2D eigenvalue weighted by atomic mass is 35.5. The lowest BCUT2D eigenvalue weighted by atomic mass is 9.94. The molecule has 5 nitrogen and oxygen atoms in total. The molecule has 1 amide bonds. The minimum absolute atomic E-state index is 0.00237. The van der Waals surface area contributed by atoms with Crippen LogP contribution in [0.5, 0.6) is 0 Å². The van der Waals surface area contributed by atoms with Crippen molar-refractivity contribution >= 4 is 51.4 Å². The van der Waals surface area contributed by atoms with Gasteiger partial charge in [-0.25, -0.2) is 0 Å². The van der Waals surface area contributed by atoms with Gasteiger partial charge in [0.25, 0.3) is 11.7 Å². The summed E-state index contributed by atoms with van der Waals surface area (Å²) in [5.74, 6) is -1.71. The van der Waals surface area contributed by atoms with Crippen molar-refractivity contribution < 1.29 is 14.7 Å². The van der Waals surface area contributed by atoms with Crippen molar-refractivity contribution in [3.63, 3.8) is 0 Å². The Hall–Kier alpha value is -3.67. The number of rotatable bonds is 4. The van der Waals surface area contributed by atoms with Crippen LogP contribution in [-0.4, -0.2) is 26.7 Å². The number of amides is 1. The molecule has 4 aromatic rings. The number of ketones is 1. The normalized spacial score (nSPS) is 17.5. The Kier molecular flexibility index (Phi) is 5.82. The highest BCUT2D eigenvalue weighted by molar-refractivity contribution is 6.46. The molecule has 1 unspecified atom stereocenters. The number of pyridine rings is 1. The maximum Gasteiger partial charge on any atom is 0.295 e. The van der Waals surface area contributed by atoms with Crippen LogP contribution in [-0.2, 0) is 16.1 Å². The van der Waals surface area contributed by atoms with Gasteiger partial charge < -0.3 is 10.0 Å². The summed E-state index contributed by atoms with van der Waals surface area (Å²) in [6.07, 6.45) is 3.27. The number of hydrogen-bond donors (Lipinski definition) is 1. The smallest absolute Gasteiger partial charge is 0.295 e. The molecule has 1 saturated heterocycles. The average molecular weight is 489 g/mol. The van der Waals surface area contributed by atoms with Gasteiger partial charge in [0, 0.05) is 24.5 Å². The molecule has 0 bridgehead atoms. The Morgan fingerprint density at radius 3 is 2.44 bits per heavy atom. The molecule has 1 atom stereocenters. The van der Waals surface area contributed by atoms with Crippen LogP contribution in [0.1, 0.15) is 22.7 Å². The zero-order chi connectivity index (χ0) is 23.8.